The van der Waals surface area contributed by atoms with E-state index in [0.29, 0.717) is 12.1 Å². The maximum Gasteiger partial charge on any atom is 0.133 e. The van der Waals surface area contributed by atoms with Gasteiger partial charge in [0.05, 0.1) is 5.69 Å². The SMILES string of the molecule is CC(C)(CCN)c1csc(-c2ccccc2F)n1. The van der Waals surface area contributed by atoms with Gasteiger partial charge in [0.25, 0.3) is 0 Å². The minimum atomic E-state index is -0.227. The summed E-state index contributed by atoms with van der Waals surface area (Å²) in [5, 5.41) is 2.73. The lowest BCUT2D eigenvalue weighted by atomic mass is 9.86. The molecule has 2 nitrogen and oxygen atoms in total. The Labute approximate surface area is 111 Å². The lowest BCUT2D eigenvalue weighted by Crippen LogP contribution is -2.22. The Kier molecular flexibility index (Phi) is 3.78. The fourth-order valence-corrected chi connectivity index (χ4v) is 2.87. The smallest absolute Gasteiger partial charge is 0.133 e. The van der Waals surface area contributed by atoms with Crippen molar-refractivity contribution in [2.24, 2.45) is 5.73 Å². The average molecular weight is 264 g/mol. The van der Waals surface area contributed by atoms with Gasteiger partial charge in [-0.15, -0.1) is 11.3 Å². The standard InChI is InChI=1S/C14H17FN2S/c1-14(2,7-8-16)12-9-18-13(17-12)10-5-3-4-6-11(10)15/h3-6,9H,7-8,16H2,1-2H3. The molecule has 2 rings (SSSR count). The van der Waals surface area contributed by atoms with Crippen LogP contribution in [0.2, 0.25) is 0 Å². The first-order valence-electron chi connectivity index (χ1n) is 5.95. The van der Waals surface area contributed by atoms with Crippen molar-refractivity contribution in [1.82, 2.24) is 4.98 Å². The highest BCUT2D eigenvalue weighted by atomic mass is 32.1. The van der Waals surface area contributed by atoms with Crippen LogP contribution in [0.15, 0.2) is 29.6 Å². The molecule has 2 aromatic rings. The summed E-state index contributed by atoms with van der Waals surface area (Å²) in [7, 11) is 0. The quantitative estimate of drug-likeness (QED) is 0.916. The van der Waals surface area contributed by atoms with Crippen LogP contribution in [0, 0.1) is 5.82 Å². The predicted molar refractivity (Wildman–Crippen MR) is 74.2 cm³/mol. The number of thiazole rings is 1. The predicted octanol–water partition coefficient (Wildman–Crippen LogP) is 3.58. The fourth-order valence-electron chi connectivity index (χ4n) is 1.83. The number of hydrogen-bond donors (Lipinski definition) is 1. The molecule has 0 aliphatic rings. The lowest BCUT2D eigenvalue weighted by molar-refractivity contribution is 0.476. The number of rotatable bonds is 4. The monoisotopic (exact) mass is 264 g/mol. The van der Waals surface area contributed by atoms with Crippen molar-refractivity contribution in [2.45, 2.75) is 25.7 Å². The summed E-state index contributed by atoms with van der Waals surface area (Å²) in [5.41, 5.74) is 7.10. The molecule has 0 saturated heterocycles. The minimum Gasteiger partial charge on any atom is -0.330 e. The molecule has 0 fully saturated rings. The van der Waals surface area contributed by atoms with Crippen molar-refractivity contribution in [1.29, 1.82) is 0 Å². The van der Waals surface area contributed by atoms with Gasteiger partial charge in [0.15, 0.2) is 0 Å². The zero-order valence-electron chi connectivity index (χ0n) is 10.6. The zero-order valence-corrected chi connectivity index (χ0v) is 11.4. The van der Waals surface area contributed by atoms with Crippen LogP contribution in [-0.2, 0) is 5.41 Å². The molecular weight excluding hydrogens is 247 g/mol. The number of aromatic nitrogens is 1. The van der Waals surface area contributed by atoms with Gasteiger partial charge >= 0.3 is 0 Å². The van der Waals surface area contributed by atoms with Crippen LogP contribution in [0.25, 0.3) is 10.6 Å². The van der Waals surface area contributed by atoms with Crippen molar-refractivity contribution in [3.63, 3.8) is 0 Å². The molecule has 0 unspecified atom stereocenters. The Morgan fingerprint density at radius 1 is 1.33 bits per heavy atom. The van der Waals surface area contributed by atoms with Gasteiger partial charge < -0.3 is 5.73 Å². The molecule has 4 heteroatoms. The van der Waals surface area contributed by atoms with Crippen LogP contribution in [0.1, 0.15) is 26.0 Å². The third-order valence-electron chi connectivity index (χ3n) is 3.07. The molecule has 96 valence electrons. The third kappa shape index (κ3) is 2.60. The van der Waals surface area contributed by atoms with Crippen LogP contribution in [0.4, 0.5) is 4.39 Å². The maximum atomic E-state index is 13.7. The van der Waals surface area contributed by atoms with E-state index in [1.165, 1.54) is 17.4 Å². The van der Waals surface area contributed by atoms with E-state index >= 15 is 0 Å². The molecule has 0 spiro atoms. The van der Waals surface area contributed by atoms with E-state index in [1.54, 1.807) is 12.1 Å². The molecule has 0 amide bonds. The zero-order chi connectivity index (χ0) is 13.2. The van der Waals surface area contributed by atoms with Crippen molar-refractivity contribution < 1.29 is 4.39 Å². The molecule has 18 heavy (non-hydrogen) atoms. The largest absolute Gasteiger partial charge is 0.330 e. The molecule has 1 heterocycles. The van der Waals surface area contributed by atoms with Crippen LogP contribution in [0.3, 0.4) is 0 Å². The number of benzene rings is 1. The summed E-state index contributed by atoms with van der Waals surface area (Å²) < 4.78 is 13.7. The first kappa shape index (κ1) is 13.2. The van der Waals surface area contributed by atoms with Gasteiger partial charge in [-0.05, 0) is 25.1 Å². The van der Waals surface area contributed by atoms with E-state index in [1.807, 2.05) is 11.4 Å². The van der Waals surface area contributed by atoms with Gasteiger partial charge in [-0.25, -0.2) is 9.37 Å². The summed E-state index contributed by atoms with van der Waals surface area (Å²) in [6.07, 6.45) is 0.868. The topological polar surface area (TPSA) is 38.9 Å². The Morgan fingerprint density at radius 3 is 2.72 bits per heavy atom. The van der Waals surface area contributed by atoms with Crippen LogP contribution in [0.5, 0.6) is 0 Å². The second kappa shape index (κ2) is 5.16. The number of nitrogens with zero attached hydrogens (tertiary/aromatic N) is 1. The second-order valence-electron chi connectivity index (χ2n) is 4.94. The van der Waals surface area contributed by atoms with E-state index < -0.39 is 0 Å². The van der Waals surface area contributed by atoms with Crippen molar-refractivity contribution in [3.05, 3.63) is 41.2 Å². The van der Waals surface area contributed by atoms with Crippen molar-refractivity contribution >= 4 is 11.3 Å². The maximum absolute atomic E-state index is 13.7. The van der Waals surface area contributed by atoms with E-state index in [0.717, 1.165) is 17.1 Å². The van der Waals surface area contributed by atoms with Gasteiger partial charge in [-0.3, -0.25) is 0 Å². The highest BCUT2D eigenvalue weighted by Crippen LogP contribution is 2.32. The normalized spacial score (nSPS) is 11.8. The van der Waals surface area contributed by atoms with E-state index in [-0.39, 0.29) is 11.2 Å². The Morgan fingerprint density at radius 2 is 2.06 bits per heavy atom. The van der Waals surface area contributed by atoms with Crippen LogP contribution >= 0.6 is 11.3 Å². The minimum absolute atomic E-state index is 0.0608. The van der Waals surface area contributed by atoms with Gasteiger partial charge in [0.2, 0.25) is 0 Å². The Bertz CT molecular complexity index is 534. The summed E-state index contributed by atoms with van der Waals surface area (Å²) in [6.45, 7) is 4.85. The molecule has 1 aromatic heterocycles. The lowest BCUT2D eigenvalue weighted by Gasteiger charge is -2.21. The average Bonchev–Trinajstić information content (AvgIpc) is 2.79. The van der Waals surface area contributed by atoms with E-state index in [4.69, 9.17) is 5.73 Å². The summed E-state index contributed by atoms with van der Waals surface area (Å²) in [6, 6.07) is 6.73. The molecule has 0 atom stereocenters. The first-order valence-corrected chi connectivity index (χ1v) is 6.83. The molecule has 0 aliphatic carbocycles. The molecule has 0 bridgehead atoms. The summed E-state index contributed by atoms with van der Waals surface area (Å²) >= 11 is 1.48. The molecular formula is C14H17FN2S. The van der Waals surface area contributed by atoms with E-state index in [9.17, 15) is 4.39 Å². The number of hydrogen-bond acceptors (Lipinski definition) is 3. The third-order valence-corrected chi connectivity index (χ3v) is 3.95. The Balaban J connectivity index is 2.34. The molecule has 0 saturated carbocycles. The summed E-state index contributed by atoms with van der Waals surface area (Å²) in [5.74, 6) is -0.227. The summed E-state index contributed by atoms with van der Waals surface area (Å²) in [4.78, 5) is 4.55. The number of nitrogens with two attached hydrogens (primary N) is 1. The van der Waals surface area contributed by atoms with Crippen molar-refractivity contribution in [2.75, 3.05) is 6.54 Å². The fraction of sp³-hybridized carbons (Fsp3) is 0.357. The molecule has 0 aliphatic heterocycles. The van der Waals surface area contributed by atoms with Crippen LogP contribution in [-0.4, -0.2) is 11.5 Å². The van der Waals surface area contributed by atoms with Crippen molar-refractivity contribution in [3.8, 4) is 10.6 Å². The van der Waals surface area contributed by atoms with E-state index in [2.05, 4.69) is 18.8 Å². The first-order chi connectivity index (χ1) is 8.54. The molecule has 2 N–H and O–H groups in total. The molecule has 0 radical (unpaired) electrons. The van der Waals surface area contributed by atoms with Gasteiger partial charge in [-0.2, -0.15) is 0 Å². The van der Waals surface area contributed by atoms with Gasteiger partial charge in [0.1, 0.15) is 10.8 Å². The Hall–Kier alpha value is -1.26. The van der Waals surface area contributed by atoms with Crippen LogP contribution < -0.4 is 5.73 Å². The highest BCUT2D eigenvalue weighted by molar-refractivity contribution is 7.13. The van der Waals surface area contributed by atoms with Gasteiger partial charge in [-0.1, -0.05) is 26.0 Å². The molecule has 1 aromatic carbocycles. The van der Waals surface area contributed by atoms with Gasteiger partial charge in [0, 0.05) is 16.4 Å². The second-order valence-corrected chi connectivity index (χ2v) is 5.80. The number of halogens is 1. The highest BCUT2D eigenvalue weighted by Gasteiger charge is 2.23.